The Hall–Kier alpha value is -1.93. The molecule has 0 bridgehead atoms. The van der Waals surface area contributed by atoms with Crippen molar-refractivity contribution in [3.63, 3.8) is 0 Å². The van der Waals surface area contributed by atoms with Crippen LogP contribution in [0.1, 0.15) is 50.6 Å². The summed E-state index contributed by atoms with van der Waals surface area (Å²) in [4.78, 5) is 21.7. The third kappa shape index (κ3) is 4.01. The van der Waals surface area contributed by atoms with Gasteiger partial charge in [-0.2, -0.15) is 5.26 Å². The van der Waals surface area contributed by atoms with Gasteiger partial charge in [-0.1, -0.05) is 18.9 Å². The molecular weight excluding hydrogens is 312 g/mol. The molecule has 1 aromatic rings. The summed E-state index contributed by atoms with van der Waals surface area (Å²) in [5.74, 6) is 0.0838. The van der Waals surface area contributed by atoms with Crippen LogP contribution in [-0.2, 0) is 11.3 Å². The number of rotatable bonds is 4. The molecule has 2 heterocycles. The second-order valence-corrected chi connectivity index (χ2v) is 7.51. The molecule has 3 rings (SSSR count). The van der Waals surface area contributed by atoms with E-state index in [0.29, 0.717) is 6.04 Å². The number of nitrogens with zero attached hydrogens (tertiary/aromatic N) is 4. The van der Waals surface area contributed by atoms with Crippen LogP contribution in [0.25, 0.3) is 0 Å². The third-order valence-corrected chi connectivity index (χ3v) is 5.83. The van der Waals surface area contributed by atoms with E-state index in [9.17, 15) is 10.1 Å². The minimum absolute atomic E-state index is 0.0838. The monoisotopic (exact) mass is 340 g/mol. The number of nitriles is 1. The van der Waals surface area contributed by atoms with E-state index < -0.39 is 5.41 Å². The van der Waals surface area contributed by atoms with Gasteiger partial charge in [0.1, 0.15) is 5.41 Å². The fourth-order valence-corrected chi connectivity index (χ4v) is 4.25. The van der Waals surface area contributed by atoms with E-state index in [1.54, 1.807) is 0 Å². The summed E-state index contributed by atoms with van der Waals surface area (Å²) >= 11 is 0. The van der Waals surface area contributed by atoms with Gasteiger partial charge in [0, 0.05) is 31.9 Å². The number of pyridine rings is 1. The van der Waals surface area contributed by atoms with Crippen LogP contribution < -0.4 is 0 Å². The molecular formula is C20H28N4O. The number of hydrogen-bond acceptors (Lipinski definition) is 4. The molecule has 0 radical (unpaired) electrons. The van der Waals surface area contributed by atoms with Gasteiger partial charge in [-0.3, -0.25) is 14.7 Å². The number of aromatic nitrogens is 1. The van der Waals surface area contributed by atoms with E-state index in [4.69, 9.17) is 0 Å². The minimum atomic E-state index is -0.736. The van der Waals surface area contributed by atoms with Gasteiger partial charge < -0.3 is 4.90 Å². The van der Waals surface area contributed by atoms with Gasteiger partial charge in [0.15, 0.2) is 0 Å². The molecule has 1 atom stereocenters. The molecule has 1 aliphatic heterocycles. The molecule has 0 N–H and O–H groups in total. The van der Waals surface area contributed by atoms with Crippen LogP contribution in [0, 0.1) is 16.7 Å². The molecule has 0 unspecified atom stereocenters. The van der Waals surface area contributed by atoms with Crippen LogP contribution in [0.2, 0.25) is 0 Å². The SMILES string of the molecule is CN(Cc1ccccn1)[C@H]1CCCN(C(=O)C2(C#N)CCCC2)CC1. The second-order valence-electron chi connectivity index (χ2n) is 7.51. The van der Waals surface area contributed by atoms with Crippen molar-refractivity contribution in [3.05, 3.63) is 30.1 Å². The third-order valence-electron chi connectivity index (χ3n) is 5.83. The smallest absolute Gasteiger partial charge is 0.243 e. The highest BCUT2D eigenvalue weighted by atomic mass is 16.2. The topological polar surface area (TPSA) is 60.2 Å². The van der Waals surface area contributed by atoms with Crippen molar-refractivity contribution < 1.29 is 4.79 Å². The molecule has 1 aliphatic carbocycles. The van der Waals surface area contributed by atoms with Gasteiger partial charge in [0.05, 0.1) is 11.8 Å². The standard InChI is InChI=1S/C20H28N4O/c1-23(15-17-7-2-5-12-22-17)18-8-6-13-24(14-9-18)19(25)20(16-21)10-3-4-11-20/h2,5,7,12,18H,3-4,6,8-11,13-15H2,1H3/t18-/m0/s1. The molecule has 1 aromatic heterocycles. The lowest BCUT2D eigenvalue weighted by Gasteiger charge is -2.30. The van der Waals surface area contributed by atoms with Gasteiger partial charge in [-0.25, -0.2) is 0 Å². The normalized spacial score (nSPS) is 23.2. The summed E-state index contributed by atoms with van der Waals surface area (Å²) in [6.07, 6.45) is 8.38. The van der Waals surface area contributed by atoms with Gasteiger partial charge in [0.25, 0.3) is 0 Å². The molecule has 2 aliphatic rings. The lowest BCUT2D eigenvalue weighted by atomic mass is 9.86. The average Bonchev–Trinajstić information content (AvgIpc) is 3.00. The highest BCUT2D eigenvalue weighted by molar-refractivity contribution is 5.85. The fourth-order valence-electron chi connectivity index (χ4n) is 4.25. The minimum Gasteiger partial charge on any atom is -0.341 e. The van der Waals surface area contributed by atoms with Crippen molar-refractivity contribution >= 4 is 5.91 Å². The second kappa shape index (κ2) is 7.97. The Morgan fingerprint density at radius 2 is 2.12 bits per heavy atom. The summed E-state index contributed by atoms with van der Waals surface area (Å²) in [6.45, 7) is 2.39. The number of amides is 1. The van der Waals surface area contributed by atoms with E-state index in [0.717, 1.165) is 70.3 Å². The summed E-state index contributed by atoms with van der Waals surface area (Å²) in [6, 6.07) is 8.82. The Balaban J connectivity index is 1.58. The van der Waals surface area contributed by atoms with Crippen molar-refractivity contribution in [2.75, 3.05) is 20.1 Å². The average molecular weight is 340 g/mol. The molecule has 5 nitrogen and oxygen atoms in total. The quantitative estimate of drug-likeness (QED) is 0.845. The van der Waals surface area contributed by atoms with Crippen molar-refractivity contribution in [1.29, 1.82) is 5.26 Å². The molecule has 134 valence electrons. The number of carbonyl (C=O) groups is 1. The van der Waals surface area contributed by atoms with E-state index in [2.05, 4.69) is 29.1 Å². The van der Waals surface area contributed by atoms with Crippen molar-refractivity contribution in [3.8, 4) is 6.07 Å². The zero-order chi connectivity index (χ0) is 17.7. The zero-order valence-electron chi connectivity index (χ0n) is 15.2. The van der Waals surface area contributed by atoms with Crippen LogP contribution in [0.15, 0.2) is 24.4 Å². The maximum absolute atomic E-state index is 13.0. The van der Waals surface area contributed by atoms with Crippen LogP contribution in [0.4, 0.5) is 0 Å². The Labute approximate surface area is 150 Å². The molecule has 25 heavy (non-hydrogen) atoms. The Kier molecular flexibility index (Phi) is 5.70. The van der Waals surface area contributed by atoms with Gasteiger partial charge in [0.2, 0.25) is 5.91 Å². The molecule has 1 saturated carbocycles. The highest BCUT2D eigenvalue weighted by Crippen LogP contribution is 2.39. The van der Waals surface area contributed by atoms with Crippen molar-refractivity contribution in [1.82, 2.24) is 14.8 Å². The van der Waals surface area contributed by atoms with Gasteiger partial charge >= 0.3 is 0 Å². The van der Waals surface area contributed by atoms with Crippen molar-refractivity contribution in [2.45, 2.75) is 57.5 Å². The lowest BCUT2D eigenvalue weighted by molar-refractivity contribution is -0.138. The molecule has 1 saturated heterocycles. The van der Waals surface area contributed by atoms with E-state index in [1.807, 2.05) is 23.2 Å². The maximum Gasteiger partial charge on any atom is 0.243 e. The van der Waals surface area contributed by atoms with E-state index in [1.165, 1.54) is 0 Å². The van der Waals surface area contributed by atoms with Crippen LogP contribution >= 0.6 is 0 Å². The largest absolute Gasteiger partial charge is 0.341 e. The van der Waals surface area contributed by atoms with Crippen LogP contribution in [0.5, 0.6) is 0 Å². The van der Waals surface area contributed by atoms with E-state index in [-0.39, 0.29) is 5.91 Å². The summed E-state index contributed by atoms with van der Waals surface area (Å²) in [5.41, 5.74) is 0.344. The maximum atomic E-state index is 13.0. The molecule has 5 heteroatoms. The number of carbonyl (C=O) groups excluding carboxylic acids is 1. The first-order chi connectivity index (χ1) is 12.1. The Morgan fingerprint density at radius 1 is 1.32 bits per heavy atom. The molecule has 2 fully saturated rings. The van der Waals surface area contributed by atoms with Gasteiger partial charge in [-0.15, -0.1) is 0 Å². The number of likely N-dealkylation sites (tertiary alicyclic amines) is 1. The van der Waals surface area contributed by atoms with Gasteiger partial charge in [-0.05, 0) is 51.3 Å². The highest BCUT2D eigenvalue weighted by Gasteiger charge is 2.44. The van der Waals surface area contributed by atoms with E-state index >= 15 is 0 Å². The fraction of sp³-hybridized carbons (Fsp3) is 0.650. The van der Waals surface area contributed by atoms with Crippen LogP contribution in [0.3, 0.4) is 0 Å². The lowest BCUT2D eigenvalue weighted by Crippen LogP contribution is -2.43. The molecule has 0 aromatic carbocycles. The summed E-state index contributed by atoms with van der Waals surface area (Å²) in [7, 11) is 2.14. The predicted molar refractivity (Wildman–Crippen MR) is 96.4 cm³/mol. The zero-order valence-corrected chi connectivity index (χ0v) is 15.2. The summed E-state index contributed by atoms with van der Waals surface area (Å²) < 4.78 is 0. The first-order valence-electron chi connectivity index (χ1n) is 9.45. The Morgan fingerprint density at radius 3 is 2.80 bits per heavy atom. The van der Waals surface area contributed by atoms with Crippen molar-refractivity contribution in [2.24, 2.45) is 5.41 Å². The number of hydrogen-bond donors (Lipinski definition) is 0. The first-order valence-corrected chi connectivity index (χ1v) is 9.45. The molecule has 1 amide bonds. The first kappa shape index (κ1) is 17.9. The predicted octanol–water partition coefficient (Wildman–Crippen LogP) is 2.98. The van der Waals surface area contributed by atoms with Crippen LogP contribution in [-0.4, -0.2) is 46.9 Å². The molecule has 0 spiro atoms. The summed E-state index contributed by atoms with van der Waals surface area (Å²) in [5, 5.41) is 9.58. The Bertz CT molecular complexity index is 618.